The Bertz CT molecular complexity index is 862. The van der Waals surface area contributed by atoms with Crippen LogP contribution in [0.25, 0.3) is 5.65 Å². The Morgan fingerprint density at radius 1 is 1.00 bits per heavy atom. The minimum Gasteiger partial charge on any atom is -0.353 e. The van der Waals surface area contributed by atoms with E-state index >= 15 is 0 Å². The summed E-state index contributed by atoms with van der Waals surface area (Å²) in [4.78, 5) is 32.8. The van der Waals surface area contributed by atoms with Crippen molar-refractivity contribution in [3.8, 4) is 0 Å². The molecule has 2 aliphatic carbocycles. The van der Waals surface area contributed by atoms with Crippen LogP contribution in [-0.2, 0) is 9.59 Å². The van der Waals surface area contributed by atoms with Gasteiger partial charge < -0.3 is 9.80 Å². The molecule has 3 aliphatic rings. The average molecular weight is 354 g/mol. The number of nitrogens with one attached hydrogen (secondary N) is 1. The number of aromatic nitrogens is 3. The van der Waals surface area contributed by atoms with Gasteiger partial charge in [0.15, 0.2) is 5.65 Å². The smallest absolute Gasteiger partial charge is 0.249 e. The summed E-state index contributed by atoms with van der Waals surface area (Å²) < 4.78 is 1.78. The van der Waals surface area contributed by atoms with E-state index in [1.807, 2.05) is 23.1 Å². The summed E-state index contributed by atoms with van der Waals surface area (Å²) in [6.07, 6.45) is 4.00. The molecule has 8 nitrogen and oxygen atoms in total. The number of pyridine rings is 1. The highest BCUT2D eigenvalue weighted by atomic mass is 16.2. The van der Waals surface area contributed by atoms with E-state index in [4.69, 9.17) is 0 Å². The third-order valence-corrected chi connectivity index (χ3v) is 5.36. The lowest BCUT2D eigenvalue weighted by Crippen LogP contribution is -2.49. The molecule has 1 N–H and O–H groups in total. The van der Waals surface area contributed by atoms with Crippen molar-refractivity contribution in [3.05, 3.63) is 18.2 Å². The SMILES string of the molecule is O=C(Nc1nc2cccc(N3CCN(C(=O)C4CC4)CC3)n2n1)C1CC1. The molecule has 8 heteroatoms. The molecule has 2 saturated carbocycles. The van der Waals surface area contributed by atoms with E-state index in [0.717, 1.165) is 57.7 Å². The van der Waals surface area contributed by atoms with Crippen LogP contribution in [0.1, 0.15) is 25.7 Å². The van der Waals surface area contributed by atoms with E-state index in [1.165, 1.54) is 0 Å². The van der Waals surface area contributed by atoms with Gasteiger partial charge in [0.05, 0.1) is 0 Å². The molecule has 0 atom stereocenters. The zero-order valence-corrected chi connectivity index (χ0v) is 14.6. The van der Waals surface area contributed by atoms with Crippen LogP contribution in [0.5, 0.6) is 0 Å². The van der Waals surface area contributed by atoms with Crippen LogP contribution < -0.4 is 10.2 Å². The second kappa shape index (κ2) is 5.96. The van der Waals surface area contributed by atoms with Gasteiger partial charge in [0.2, 0.25) is 17.8 Å². The van der Waals surface area contributed by atoms with Crippen molar-refractivity contribution in [1.82, 2.24) is 19.5 Å². The molecule has 0 bridgehead atoms. The predicted octanol–water partition coefficient (Wildman–Crippen LogP) is 1.14. The first kappa shape index (κ1) is 15.6. The van der Waals surface area contributed by atoms with Gasteiger partial charge in [-0.3, -0.25) is 14.9 Å². The number of piperazine rings is 1. The standard InChI is InChI=1S/C18H22N6O2/c25-16(12-4-5-12)20-18-19-14-2-1-3-15(24(14)21-18)22-8-10-23(11-9-22)17(26)13-6-7-13/h1-3,12-13H,4-11H2,(H,20,21,25). The normalized spacial score (nSPS) is 20.5. The van der Waals surface area contributed by atoms with Gasteiger partial charge in [0, 0.05) is 38.0 Å². The fraction of sp³-hybridized carbons (Fsp3) is 0.556. The monoisotopic (exact) mass is 354 g/mol. The van der Waals surface area contributed by atoms with Crippen LogP contribution in [-0.4, -0.2) is 57.5 Å². The lowest BCUT2D eigenvalue weighted by Gasteiger charge is -2.36. The Balaban J connectivity index is 1.33. The summed E-state index contributed by atoms with van der Waals surface area (Å²) in [5.41, 5.74) is 0.713. The fourth-order valence-electron chi connectivity index (χ4n) is 3.49. The molecule has 2 aromatic rings. The number of amides is 2. The first-order valence-electron chi connectivity index (χ1n) is 9.39. The molecule has 3 heterocycles. The fourth-order valence-corrected chi connectivity index (χ4v) is 3.49. The van der Waals surface area contributed by atoms with Gasteiger partial charge in [0.1, 0.15) is 5.82 Å². The Morgan fingerprint density at radius 3 is 2.42 bits per heavy atom. The van der Waals surface area contributed by atoms with E-state index in [0.29, 0.717) is 17.5 Å². The van der Waals surface area contributed by atoms with Gasteiger partial charge >= 0.3 is 0 Å². The first-order valence-corrected chi connectivity index (χ1v) is 9.39. The Hall–Kier alpha value is -2.64. The molecule has 1 aliphatic heterocycles. The van der Waals surface area contributed by atoms with Gasteiger partial charge in [-0.25, -0.2) is 0 Å². The zero-order chi connectivity index (χ0) is 17.7. The second-order valence-electron chi connectivity index (χ2n) is 7.44. The van der Waals surface area contributed by atoms with Crippen molar-refractivity contribution >= 4 is 29.2 Å². The van der Waals surface area contributed by atoms with Gasteiger partial charge in [-0.1, -0.05) is 6.07 Å². The van der Waals surface area contributed by atoms with Crippen molar-refractivity contribution < 1.29 is 9.59 Å². The number of rotatable bonds is 4. The second-order valence-corrected chi connectivity index (χ2v) is 7.44. The van der Waals surface area contributed by atoms with E-state index in [9.17, 15) is 9.59 Å². The molecule has 2 amide bonds. The highest BCUT2D eigenvalue weighted by Crippen LogP contribution is 2.32. The lowest BCUT2D eigenvalue weighted by molar-refractivity contribution is -0.132. The van der Waals surface area contributed by atoms with Crippen molar-refractivity contribution in [2.75, 3.05) is 36.4 Å². The minimum absolute atomic E-state index is 0.00894. The predicted molar refractivity (Wildman–Crippen MR) is 95.9 cm³/mol. The highest BCUT2D eigenvalue weighted by molar-refractivity contribution is 5.92. The van der Waals surface area contributed by atoms with Gasteiger partial charge in [0.25, 0.3) is 0 Å². The highest BCUT2D eigenvalue weighted by Gasteiger charge is 2.35. The maximum atomic E-state index is 12.2. The Labute approximate surface area is 151 Å². The van der Waals surface area contributed by atoms with Crippen molar-refractivity contribution in [3.63, 3.8) is 0 Å². The Morgan fingerprint density at radius 2 is 1.73 bits per heavy atom. The number of hydrogen-bond donors (Lipinski definition) is 1. The van der Waals surface area contributed by atoms with E-state index in [-0.39, 0.29) is 17.7 Å². The van der Waals surface area contributed by atoms with Crippen LogP contribution in [0, 0.1) is 11.8 Å². The quantitative estimate of drug-likeness (QED) is 0.890. The molecule has 26 heavy (non-hydrogen) atoms. The average Bonchev–Trinajstić information content (AvgIpc) is 3.56. The van der Waals surface area contributed by atoms with Crippen molar-refractivity contribution in [2.24, 2.45) is 11.8 Å². The molecule has 2 aromatic heterocycles. The number of nitrogens with zero attached hydrogens (tertiary/aromatic N) is 5. The van der Waals surface area contributed by atoms with E-state index in [2.05, 4.69) is 20.3 Å². The number of fused-ring (bicyclic) bond motifs is 1. The van der Waals surface area contributed by atoms with Crippen LogP contribution in [0.2, 0.25) is 0 Å². The molecule has 0 unspecified atom stereocenters. The molecule has 136 valence electrons. The summed E-state index contributed by atoms with van der Waals surface area (Å²) in [6.45, 7) is 3.04. The molecule has 0 aromatic carbocycles. The lowest BCUT2D eigenvalue weighted by atomic mass is 10.2. The summed E-state index contributed by atoms with van der Waals surface area (Å²) in [5, 5.41) is 7.29. The van der Waals surface area contributed by atoms with Crippen molar-refractivity contribution in [1.29, 1.82) is 0 Å². The number of carbonyl (C=O) groups is 2. The van der Waals surface area contributed by atoms with Gasteiger partial charge in [-0.15, -0.1) is 5.10 Å². The number of hydrogen-bond acceptors (Lipinski definition) is 5. The molecule has 3 fully saturated rings. The zero-order valence-electron chi connectivity index (χ0n) is 14.6. The van der Waals surface area contributed by atoms with Gasteiger partial charge in [-0.2, -0.15) is 9.50 Å². The summed E-state index contributed by atoms with van der Waals surface area (Å²) in [5.74, 6) is 2.02. The molecule has 0 radical (unpaired) electrons. The van der Waals surface area contributed by atoms with Crippen LogP contribution in [0.15, 0.2) is 18.2 Å². The third kappa shape index (κ3) is 2.89. The first-order chi connectivity index (χ1) is 12.7. The van der Waals surface area contributed by atoms with E-state index < -0.39 is 0 Å². The van der Waals surface area contributed by atoms with E-state index in [1.54, 1.807) is 4.52 Å². The topological polar surface area (TPSA) is 82.8 Å². The maximum Gasteiger partial charge on any atom is 0.249 e. The molecule has 0 spiro atoms. The number of anilines is 2. The molecular formula is C18H22N6O2. The maximum absolute atomic E-state index is 12.2. The largest absolute Gasteiger partial charge is 0.353 e. The molecule has 5 rings (SSSR count). The minimum atomic E-state index is 0.00894. The van der Waals surface area contributed by atoms with Crippen LogP contribution in [0.3, 0.4) is 0 Å². The van der Waals surface area contributed by atoms with Crippen LogP contribution >= 0.6 is 0 Å². The summed E-state index contributed by atoms with van der Waals surface area (Å²) in [7, 11) is 0. The summed E-state index contributed by atoms with van der Waals surface area (Å²) in [6, 6.07) is 5.84. The Kier molecular flexibility index (Phi) is 3.58. The van der Waals surface area contributed by atoms with Crippen molar-refractivity contribution in [2.45, 2.75) is 25.7 Å². The van der Waals surface area contributed by atoms with Crippen LogP contribution in [0.4, 0.5) is 11.8 Å². The molecule has 1 saturated heterocycles. The molecular weight excluding hydrogens is 332 g/mol. The summed E-state index contributed by atoms with van der Waals surface area (Å²) >= 11 is 0. The third-order valence-electron chi connectivity index (χ3n) is 5.36. The number of carbonyl (C=O) groups excluding carboxylic acids is 2. The van der Waals surface area contributed by atoms with Gasteiger partial charge in [-0.05, 0) is 37.8 Å².